The third-order valence-corrected chi connectivity index (χ3v) is 24.9. The molecule has 17 atom stereocenters. The quantitative estimate of drug-likeness (QED) is 0.287. The Hall–Kier alpha value is -5.06. The van der Waals surface area contributed by atoms with E-state index in [4.69, 9.17) is 0 Å². The molecule has 400 valence electrons. The highest BCUT2D eigenvalue weighted by Gasteiger charge is 2.59. The monoisotopic (exact) mass is 1050 g/mol. The largest absolute Gasteiger partial charge is 0.366 e. The molecule has 1 aromatic carbocycles. The molecule has 17 unspecified atom stereocenters. The van der Waals surface area contributed by atoms with Crippen LogP contribution in [0.5, 0.6) is 0 Å². The fraction of sp³-hybridized carbons (Fsp3) is 0.514. The minimum Gasteiger partial charge on any atom is -0.366 e. The van der Waals surface area contributed by atoms with Crippen LogP contribution in [0.2, 0.25) is 0 Å². The first-order valence-corrected chi connectivity index (χ1v) is 32.0. The van der Waals surface area contributed by atoms with Crippen molar-refractivity contribution in [3.05, 3.63) is 200 Å². The fourth-order valence-electron chi connectivity index (χ4n) is 20.0. The maximum atomic E-state index is 12.0. The Bertz CT molecular complexity index is 3220. The summed E-state index contributed by atoms with van der Waals surface area (Å²) in [7, 11) is 0. The molecule has 6 heteroatoms. The standard InChI is InChI=1S/C72H81N5S/c1-71(2)52-28-13-8-22-46(52)65-54(71)33-37-60-67(65)49-24-10-15-30-58(49)76(60)62-40-63(77-59-31-16-11-25-50(59)68-61(77)38-34-55-66(68)47-23-9-14-29-53(47)72(55,3)4)51(39-43(62)41-73)57-36-35-56(74-70(75-57)42-19-6-5-7-20-42)48-27-18-26-45-44-21-12-17-32-64(44)78-69(45)48/h5-9,13-14,16,18-23,27-29,31-32,35-36,39,43,45-50,52-53,56-59,62-63,69-70,74-75H,10-12,15,17,24-26,30,33-34,37-38,40H2,1-4H3. The Morgan fingerprint density at radius 1 is 0.641 bits per heavy atom. The molecular weight excluding hydrogens is 967 g/mol. The van der Waals surface area contributed by atoms with Gasteiger partial charge in [-0.2, -0.15) is 5.26 Å². The van der Waals surface area contributed by atoms with E-state index in [0.717, 1.165) is 51.4 Å². The predicted molar refractivity (Wildman–Crippen MR) is 319 cm³/mol. The third kappa shape index (κ3) is 7.11. The summed E-state index contributed by atoms with van der Waals surface area (Å²) in [6.45, 7) is 10.2. The average Bonchev–Trinajstić information content (AvgIpc) is 4.38. The van der Waals surface area contributed by atoms with Crippen LogP contribution in [0, 0.1) is 75.4 Å². The highest BCUT2D eigenvalue weighted by molar-refractivity contribution is 8.04. The van der Waals surface area contributed by atoms with Gasteiger partial charge >= 0.3 is 0 Å². The van der Waals surface area contributed by atoms with Gasteiger partial charge in [-0.1, -0.05) is 185 Å². The second kappa shape index (κ2) is 18.5. The van der Waals surface area contributed by atoms with Gasteiger partial charge in [0.1, 0.15) is 0 Å². The zero-order chi connectivity index (χ0) is 52.2. The van der Waals surface area contributed by atoms with Crippen LogP contribution in [0.3, 0.4) is 0 Å². The molecule has 4 aliphatic heterocycles. The van der Waals surface area contributed by atoms with Crippen molar-refractivity contribution in [3.8, 4) is 6.07 Å². The van der Waals surface area contributed by atoms with Gasteiger partial charge in [-0.3, -0.25) is 10.6 Å². The number of hydrogen-bond acceptors (Lipinski definition) is 6. The van der Waals surface area contributed by atoms with Gasteiger partial charge in [0, 0.05) is 69.1 Å². The summed E-state index contributed by atoms with van der Waals surface area (Å²) in [6.07, 6.45) is 59.0. The van der Waals surface area contributed by atoms with Crippen molar-refractivity contribution in [2.75, 3.05) is 0 Å². The predicted octanol–water partition coefficient (Wildman–Crippen LogP) is 15.3. The first kappa shape index (κ1) is 48.8. The number of thioether (sulfide) groups is 1. The second-order valence-corrected chi connectivity index (χ2v) is 28.6. The van der Waals surface area contributed by atoms with Crippen LogP contribution in [0.1, 0.15) is 129 Å². The van der Waals surface area contributed by atoms with E-state index in [9.17, 15) is 5.26 Å². The van der Waals surface area contributed by atoms with E-state index >= 15 is 0 Å². The molecule has 1 saturated carbocycles. The molecule has 2 N–H and O–H groups in total. The van der Waals surface area contributed by atoms with Gasteiger partial charge in [-0.25, -0.2) is 0 Å². The van der Waals surface area contributed by atoms with Gasteiger partial charge in [0.05, 0.1) is 42.3 Å². The van der Waals surface area contributed by atoms with Crippen LogP contribution < -0.4 is 10.6 Å². The SMILES string of the molecule is CC1(C)C2=C(C3=C(CC2)N(C2CC(N4C5=C(C6=C(CC5)C(C)(C)C5C=CC=CC65)C5CCCCC54)C(C#N)C=C2C2C=CC(C4C=CCC5C6=CCCC=C6SC54)NC(c4ccccc4)N2)C2C=CCCC32)C2C=CC=CC21. The molecule has 0 aromatic heterocycles. The summed E-state index contributed by atoms with van der Waals surface area (Å²) in [4.78, 5) is 7.61. The molecule has 0 amide bonds. The maximum absolute atomic E-state index is 12.0. The van der Waals surface area contributed by atoms with Crippen molar-refractivity contribution < 1.29 is 0 Å². The lowest BCUT2D eigenvalue weighted by Gasteiger charge is -2.50. The summed E-state index contributed by atoms with van der Waals surface area (Å²) in [5, 5.41) is 21.2. The van der Waals surface area contributed by atoms with Gasteiger partial charge < -0.3 is 9.80 Å². The van der Waals surface area contributed by atoms with Gasteiger partial charge in [-0.05, 0) is 139 Å². The van der Waals surface area contributed by atoms with E-state index in [1.807, 2.05) is 0 Å². The number of nitrogens with zero attached hydrogens (tertiary/aromatic N) is 3. The van der Waals surface area contributed by atoms with Crippen molar-refractivity contribution in [1.82, 2.24) is 20.4 Å². The molecule has 1 aromatic rings. The van der Waals surface area contributed by atoms with Crippen molar-refractivity contribution in [2.45, 2.75) is 165 Å². The molecule has 15 aliphatic rings. The van der Waals surface area contributed by atoms with Gasteiger partial charge in [-0.15, -0.1) is 11.8 Å². The normalized spacial score (nSPS) is 41.7. The number of allylic oxidation sites excluding steroid dienone is 19. The van der Waals surface area contributed by atoms with Crippen molar-refractivity contribution in [2.24, 2.45) is 64.1 Å². The number of benzene rings is 1. The minimum absolute atomic E-state index is 0.0562. The molecular formula is C72H81N5S. The number of nitriles is 1. The van der Waals surface area contributed by atoms with E-state index in [-0.39, 0.29) is 47.1 Å². The van der Waals surface area contributed by atoms with Crippen LogP contribution >= 0.6 is 11.8 Å². The summed E-state index contributed by atoms with van der Waals surface area (Å²) in [5.74, 6) is 3.66. The first-order chi connectivity index (χ1) is 38.2. The number of nitrogens with one attached hydrogen (secondary N) is 2. The molecule has 78 heavy (non-hydrogen) atoms. The zero-order valence-corrected chi connectivity index (χ0v) is 47.5. The molecule has 5 nitrogen and oxygen atoms in total. The first-order valence-electron chi connectivity index (χ1n) is 31.2. The molecule has 0 bridgehead atoms. The molecule has 16 rings (SSSR count). The molecule has 0 radical (unpaired) electrons. The smallest absolute Gasteiger partial charge is 0.0851 e. The highest BCUT2D eigenvalue weighted by atomic mass is 32.2. The van der Waals surface area contributed by atoms with Crippen molar-refractivity contribution in [3.63, 3.8) is 0 Å². The Labute approximate surface area is 470 Å². The Kier molecular flexibility index (Phi) is 11.6. The third-order valence-electron chi connectivity index (χ3n) is 23.3. The molecule has 0 spiro atoms. The Morgan fingerprint density at radius 2 is 1.35 bits per heavy atom. The summed E-state index contributed by atoms with van der Waals surface area (Å²) in [6, 6.07) is 15.5. The lowest BCUT2D eigenvalue weighted by atomic mass is 9.72. The Morgan fingerprint density at radius 3 is 2.10 bits per heavy atom. The topological polar surface area (TPSA) is 54.3 Å². The molecule has 11 aliphatic carbocycles. The van der Waals surface area contributed by atoms with Gasteiger partial charge in [0.2, 0.25) is 0 Å². The summed E-state index contributed by atoms with van der Waals surface area (Å²) in [5.41, 5.74) is 18.2. The second-order valence-electron chi connectivity index (χ2n) is 27.4. The van der Waals surface area contributed by atoms with Gasteiger partial charge in [0.25, 0.3) is 0 Å². The summed E-state index contributed by atoms with van der Waals surface area (Å²) >= 11 is 2.16. The van der Waals surface area contributed by atoms with E-state index in [1.54, 1.807) is 55.3 Å². The average molecular weight is 1050 g/mol. The lowest BCUT2D eigenvalue weighted by Crippen LogP contribution is -2.55. The lowest BCUT2D eigenvalue weighted by molar-refractivity contribution is 0.0860. The van der Waals surface area contributed by atoms with E-state index < -0.39 is 0 Å². The van der Waals surface area contributed by atoms with E-state index in [0.29, 0.717) is 64.7 Å². The zero-order valence-electron chi connectivity index (χ0n) is 46.7. The van der Waals surface area contributed by atoms with Crippen LogP contribution in [-0.4, -0.2) is 51.3 Å². The minimum atomic E-state index is -0.226. The van der Waals surface area contributed by atoms with Gasteiger partial charge in [0.15, 0.2) is 0 Å². The highest BCUT2D eigenvalue weighted by Crippen LogP contribution is 2.66. The van der Waals surface area contributed by atoms with Crippen molar-refractivity contribution >= 4 is 11.8 Å². The van der Waals surface area contributed by atoms with Crippen LogP contribution in [-0.2, 0) is 0 Å². The number of fused-ring (bicyclic) bond motifs is 13. The number of rotatable bonds is 5. The number of hydrogen-bond donors (Lipinski definition) is 2. The van der Waals surface area contributed by atoms with Crippen LogP contribution in [0.15, 0.2) is 195 Å². The van der Waals surface area contributed by atoms with E-state index in [2.05, 4.69) is 200 Å². The van der Waals surface area contributed by atoms with Crippen molar-refractivity contribution in [1.29, 1.82) is 5.26 Å². The van der Waals surface area contributed by atoms with Crippen LogP contribution in [0.25, 0.3) is 0 Å². The Balaban J connectivity index is 0.852. The molecule has 1 saturated heterocycles. The molecule has 4 heterocycles. The maximum Gasteiger partial charge on any atom is 0.0851 e. The van der Waals surface area contributed by atoms with Crippen LogP contribution in [0.4, 0.5) is 0 Å². The molecule has 2 fully saturated rings. The van der Waals surface area contributed by atoms with E-state index in [1.165, 1.54) is 49.7 Å². The fourth-order valence-corrected chi connectivity index (χ4v) is 21.7. The summed E-state index contributed by atoms with van der Waals surface area (Å²) < 4.78 is 0.